The molecule has 0 saturated carbocycles. The lowest BCUT2D eigenvalue weighted by Crippen LogP contribution is -2.34. The van der Waals surface area contributed by atoms with Gasteiger partial charge < -0.3 is 10.0 Å². The Hall–Kier alpha value is -1.51. The number of amides is 1. The van der Waals surface area contributed by atoms with Crippen LogP contribution in [0.1, 0.15) is 30.0 Å². The number of aryl methyl sites for hydroxylation is 1. The number of fused-ring (bicyclic) bond motifs is 1. The standard InChI is InChI=1S/C13H17NO2/c1-8-7-12(16)9(2)11-5-4-6-14(10(3)15)13(8)11/h7,16H,4-6H2,1-3H3. The summed E-state index contributed by atoms with van der Waals surface area (Å²) in [5.41, 5.74) is 4.02. The number of hydrogen-bond donors (Lipinski definition) is 1. The second-order valence-corrected chi connectivity index (χ2v) is 4.44. The molecule has 0 atom stereocenters. The van der Waals surface area contributed by atoms with Crippen LogP contribution in [0.25, 0.3) is 0 Å². The first kappa shape index (κ1) is 11.0. The molecule has 0 saturated heterocycles. The zero-order chi connectivity index (χ0) is 11.9. The number of anilines is 1. The van der Waals surface area contributed by atoms with Gasteiger partial charge in [-0.3, -0.25) is 4.79 Å². The third-order valence-corrected chi connectivity index (χ3v) is 3.31. The highest BCUT2D eigenvalue weighted by molar-refractivity contribution is 5.94. The highest BCUT2D eigenvalue weighted by atomic mass is 16.3. The maximum Gasteiger partial charge on any atom is 0.223 e. The van der Waals surface area contributed by atoms with Gasteiger partial charge in [0.2, 0.25) is 5.91 Å². The van der Waals surface area contributed by atoms with Crippen LogP contribution in [0, 0.1) is 13.8 Å². The largest absolute Gasteiger partial charge is 0.508 e. The van der Waals surface area contributed by atoms with Gasteiger partial charge >= 0.3 is 0 Å². The number of benzene rings is 1. The summed E-state index contributed by atoms with van der Waals surface area (Å²) >= 11 is 0. The van der Waals surface area contributed by atoms with Gasteiger partial charge in [-0.25, -0.2) is 0 Å². The highest BCUT2D eigenvalue weighted by Crippen LogP contribution is 2.37. The molecule has 16 heavy (non-hydrogen) atoms. The van der Waals surface area contributed by atoms with Crippen LogP contribution in [-0.4, -0.2) is 17.6 Å². The summed E-state index contributed by atoms with van der Waals surface area (Å²) in [5, 5.41) is 9.78. The van der Waals surface area contributed by atoms with Gasteiger partial charge in [0.1, 0.15) is 5.75 Å². The van der Waals surface area contributed by atoms with Crippen molar-refractivity contribution in [3.05, 3.63) is 22.8 Å². The lowest BCUT2D eigenvalue weighted by Gasteiger charge is -2.31. The Morgan fingerprint density at radius 2 is 2.12 bits per heavy atom. The topological polar surface area (TPSA) is 40.5 Å². The Bertz CT molecular complexity index is 452. The second-order valence-electron chi connectivity index (χ2n) is 4.44. The van der Waals surface area contributed by atoms with E-state index in [4.69, 9.17) is 0 Å². The molecule has 1 amide bonds. The van der Waals surface area contributed by atoms with E-state index in [1.165, 1.54) is 0 Å². The summed E-state index contributed by atoms with van der Waals surface area (Å²) in [6, 6.07) is 1.75. The maximum absolute atomic E-state index is 11.6. The summed E-state index contributed by atoms with van der Waals surface area (Å²) in [4.78, 5) is 13.4. The average molecular weight is 219 g/mol. The molecule has 0 fully saturated rings. The molecule has 1 aromatic rings. The summed E-state index contributed by atoms with van der Waals surface area (Å²) < 4.78 is 0. The molecular formula is C13H17NO2. The van der Waals surface area contributed by atoms with Crippen molar-refractivity contribution in [1.29, 1.82) is 0 Å². The van der Waals surface area contributed by atoms with Gasteiger partial charge in [0.25, 0.3) is 0 Å². The van der Waals surface area contributed by atoms with Gasteiger partial charge in [-0.1, -0.05) is 0 Å². The molecule has 0 unspecified atom stereocenters. The predicted octanol–water partition coefficient (Wildman–Crippen LogP) is 2.31. The lowest BCUT2D eigenvalue weighted by molar-refractivity contribution is -0.116. The number of aromatic hydroxyl groups is 1. The third-order valence-electron chi connectivity index (χ3n) is 3.31. The zero-order valence-electron chi connectivity index (χ0n) is 10.0. The molecule has 86 valence electrons. The normalized spacial score (nSPS) is 14.8. The van der Waals surface area contributed by atoms with Crippen molar-refractivity contribution in [3.8, 4) is 5.75 Å². The molecule has 3 heteroatoms. The summed E-state index contributed by atoms with van der Waals surface area (Å²) in [7, 11) is 0. The maximum atomic E-state index is 11.6. The van der Waals surface area contributed by atoms with Crippen molar-refractivity contribution in [3.63, 3.8) is 0 Å². The van der Waals surface area contributed by atoms with Gasteiger partial charge in [0.15, 0.2) is 0 Å². The monoisotopic (exact) mass is 219 g/mol. The smallest absolute Gasteiger partial charge is 0.223 e. The SMILES string of the molecule is CC(=O)N1CCCc2c(C)c(O)cc(C)c21. The first-order valence-electron chi connectivity index (χ1n) is 5.62. The number of hydrogen-bond acceptors (Lipinski definition) is 2. The molecule has 1 aromatic carbocycles. The minimum atomic E-state index is 0.0779. The van der Waals surface area contributed by atoms with Crippen LogP contribution in [0.4, 0.5) is 5.69 Å². The average Bonchev–Trinajstić information content (AvgIpc) is 2.25. The first-order chi connectivity index (χ1) is 7.52. The van der Waals surface area contributed by atoms with Crippen LogP contribution >= 0.6 is 0 Å². The number of nitrogens with zero attached hydrogens (tertiary/aromatic N) is 1. The number of phenols is 1. The van der Waals surface area contributed by atoms with E-state index < -0.39 is 0 Å². The molecule has 1 N–H and O–H groups in total. The predicted molar refractivity (Wildman–Crippen MR) is 63.9 cm³/mol. The molecule has 3 nitrogen and oxygen atoms in total. The van der Waals surface area contributed by atoms with E-state index in [9.17, 15) is 9.90 Å². The van der Waals surface area contributed by atoms with E-state index in [-0.39, 0.29) is 5.91 Å². The fraction of sp³-hybridized carbons (Fsp3) is 0.462. The summed E-state index contributed by atoms with van der Waals surface area (Å²) in [5.74, 6) is 0.413. The molecule has 0 bridgehead atoms. The molecule has 0 aliphatic carbocycles. The number of carbonyl (C=O) groups excluding carboxylic acids is 1. The van der Waals surface area contributed by atoms with Crippen molar-refractivity contribution in [2.24, 2.45) is 0 Å². The van der Waals surface area contributed by atoms with E-state index in [1.807, 2.05) is 18.7 Å². The van der Waals surface area contributed by atoms with Crippen molar-refractivity contribution in [2.75, 3.05) is 11.4 Å². The van der Waals surface area contributed by atoms with E-state index >= 15 is 0 Å². The molecule has 2 rings (SSSR count). The van der Waals surface area contributed by atoms with Gasteiger partial charge in [-0.15, -0.1) is 0 Å². The molecule has 0 radical (unpaired) electrons. The van der Waals surface area contributed by atoms with Crippen molar-refractivity contribution in [2.45, 2.75) is 33.6 Å². The molecule has 1 aliphatic rings. The van der Waals surface area contributed by atoms with Crippen molar-refractivity contribution < 1.29 is 9.90 Å². The number of rotatable bonds is 0. The van der Waals surface area contributed by atoms with Crippen LogP contribution in [-0.2, 0) is 11.2 Å². The number of carbonyl (C=O) groups is 1. The Balaban J connectivity index is 2.65. The summed E-state index contributed by atoms with van der Waals surface area (Å²) in [6.45, 7) is 6.24. The van der Waals surface area contributed by atoms with Crippen molar-refractivity contribution in [1.82, 2.24) is 0 Å². The molecule has 0 aromatic heterocycles. The lowest BCUT2D eigenvalue weighted by atomic mass is 9.93. The minimum Gasteiger partial charge on any atom is -0.508 e. The summed E-state index contributed by atoms with van der Waals surface area (Å²) in [6.07, 6.45) is 1.91. The second kappa shape index (κ2) is 3.81. The molecule has 0 spiro atoms. The molecule has 1 aliphatic heterocycles. The van der Waals surface area contributed by atoms with E-state index in [2.05, 4.69) is 0 Å². The fourth-order valence-electron chi connectivity index (χ4n) is 2.47. The number of phenolic OH excluding ortho intramolecular Hbond substituents is 1. The van der Waals surface area contributed by atoms with Crippen molar-refractivity contribution >= 4 is 11.6 Å². The molecule has 1 heterocycles. The Morgan fingerprint density at radius 1 is 1.44 bits per heavy atom. The van der Waals surface area contributed by atoms with Crippen LogP contribution < -0.4 is 4.90 Å². The van der Waals surface area contributed by atoms with Gasteiger partial charge in [0.05, 0.1) is 5.69 Å². The Kier molecular flexibility index (Phi) is 2.62. The molecular weight excluding hydrogens is 202 g/mol. The van der Waals surface area contributed by atoms with Gasteiger partial charge in [-0.05, 0) is 49.4 Å². The quantitative estimate of drug-likeness (QED) is 0.727. The van der Waals surface area contributed by atoms with Crippen LogP contribution in [0.2, 0.25) is 0 Å². The van der Waals surface area contributed by atoms with E-state index in [1.54, 1.807) is 13.0 Å². The first-order valence-corrected chi connectivity index (χ1v) is 5.62. The zero-order valence-corrected chi connectivity index (χ0v) is 10.0. The van der Waals surface area contributed by atoms with Gasteiger partial charge in [-0.2, -0.15) is 0 Å². The Morgan fingerprint density at radius 3 is 2.75 bits per heavy atom. The van der Waals surface area contributed by atoms with Crippen LogP contribution in [0.15, 0.2) is 6.07 Å². The van der Waals surface area contributed by atoms with E-state index in [0.29, 0.717) is 5.75 Å². The van der Waals surface area contributed by atoms with Gasteiger partial charge in [0, 0.05) is 13.5 Å². The van der Waals surface area contributed by atoms with E-state index in [0.717, 1.165) is 41.8 Å². The Labute approximate surface area is 95.7 Å². The van der Waals surface area contributed by atoms with Crippen LogP contribution in [0.3, 0.4) is 0 Å². The fourth-order valence-corrected chi connectivity index (χ4v) is 2.47. The highest BCUT2D eigenvalue weighted by Gasteiger charge is 2.24. The minimum absolute atomic E-state index is 0.0779. The third kappa shape index (κ3) is 1.56. The van der Waals surface area contributed by atoms with Crippen LogP contribution in [0.5, 0.6) is 5.75 Å².